The molecule has 1 aromatic carbocycles. The third-order valence-corrected chi connectivity index (χ3v) is 4.35. The maximum Gasteiger partial charge on any atom is 0.248 e. The first-order valence-corrected chi connectivity index (χ1v) is 8.00. The van der Waals surface area contributed by atoms with Crippen molar-refractivity contribution in [2.24, 2.45) is 4.99 Å². The summed E-state index contributed by atoms with van der Waals surface area (Å²) in [4.78, 5) is 16.9. The van der Waals surface area contributed by atoms with E-state index in [2.05, 4.69) is 43.8 Å². The second-order valence-electron chi connectivity index (χ2n) is 5.21. The molecular weight excluding hydrogens is 280 g/mol. The molecule has 0 atom stereocenters. The molecule has 0 aliphatic rings. The molecule has 3 nitrogen and oxygen atoms in total. The topological polar surface area (TPSA) is 34.4 Å². The average Bonchev–Trinajstić information content (AvgIpc) is 2.74. The minimum Gasteiger partial charge on any atom is -0.304 e. The maximum atomic E-state index is 11.9. The standard InChI is InChI=1S/C17H20N2OS/c1-5-7-8-15(20)18-17-19(9-6-2)16-13(4)10-12(3)11-14(16)21-17/h2,10-11H,5,7-9H2,1,3-4H3. The Balaban J connectivity index is 2.61. The molecule has 0 N–H and O–H groups in total. The van der Waals surface area contributed by atoms with E-state index in [-0.39, 0.29) is 5.91 Å². The summed E-state index contributed by atoms with van der Waals surface area (Å²) >= 11 is 1.53. The van der Waals surface area contributed by atoms with Crippen LogP contribution in [0.5, 0.6) is 0 Å². The summed E-state index contributed by atoms with van der Waals surface area (Å²) in [5.41, 5.74) is 3.46. The van der Waals surface area contributed by atoms with Crippen molar-refractivity contribution in [2.45, 2.75) is 46.6 Å². The van der Waals surface area contributed by atoms with Crippen LogP contribution in [0, 0.1) is 26.2 Å². The predicted octanol–water partition coefficient (Wildman–Crippen LogP) is 3.57. The first-order valence-electron chi connectivity index (χ1n) is 7.18. The van der Waals surface area contributed by atoms with E-state index in [0.717, 1.165) is 23.1 Å². The summed E-state index contributed by atoms with van der Waals surface area (Å²) in [6.07, 6.45) is 7.85. The summed E-state index contributed by atoms with van der Waals surface area (Å²) in [6.45, 7) is 6.64. The number of terminal acetylenes is 1. The van der Waals surface area contributed by atoms with E-state index in [1.807, 2.05) is 4.57 Å². The summed E-state index contributed by atoms with van der Waals surface area (Å²) in [5.74, 6) is 2.59. The number of hydrogen-bond acceptors (Lipinski definition) is 2. The zero-order chi connectivity index (χ0) is 15.4. The van der Waals surface area contributed by atoms with E-state index in [0.29, 0.717) is 17.8 Å². The van der Waals surface area contributed by atoms with Gasteiger partial charge in [-0.05, 0) is 37.5 Å². The van der Waals surface area contributed by atoms with Crippen LogP contribution in [0.4, 0.5) is 0 Å². The molecule has 0 saturated carbocycles. The third kappa shape index (κ3) is 3.43. The average molecular weight is 300 g/mol. The van der Waals surface area contributed by atoms with E-state index in [4.69, 9.17) is 6.42 Å². The van der Waals surface area contributed by atoms with Crippen LogP contribution < -0.4 is 4.80 Å². The van der Waals surface area contributed by atoms with Gasteiger partial charge in [0.15, 0.2) is 4.80 Å². The van der Waals surface area contributed by atoms with Crippen molar-refractivity contribution >= 4 is 27.5 Å². The molecular formula is C17H20N2OS. The fraction of sp³-hybridized carbons (Fsp3) is 0.412. The van der Waals surface area contributed by atoms with E-state index in [1.165, 1.54) is 22.5 Å². The minimum absolute atomic E-state index is 0.0662. The molecule has 0 spiro atoms. The Morgan fingerprint density at radius 3 is 2.86 bits per heavy atom. The first kappa shape index (κ1) is 15.5. The lowest BCUT2D eigenvalue weighted by Gasteiger charge is -2.04. The van der Waals surface area contributed by atoms with Gasteiger partial charge in [0.25, 0.3) is 0 Å². The highest BCUT2D eigenvalue weighted by atomic mass is 32.1. The van der Waals surface area contributed by atoms with Crippen molar-refractivity contribution in [2.75, 3.05) is 0 Å². The molecule has 21 heavy (non-hydrogen) atoms. The van der Waals surface area contributed by atoms with Crippen LogP contribution in [0.1, 0.15) is 37.3 Å². The van der Waals surface area contributed by atoms with Gasteiger partial charge in [-0.25, -0.2) is 0 Å². The van der Waals surface area contributed by atoms with E-state index >= 15 is 0 Å². The molecule has 1 heterocycles. The lowest BCUT2D eigenvalue weighted by atomic mass is 10.1. The van der Waals surface area contributed by atoms with Crippen molar-refractivity contribution < 1.29 is 4.79 Å². The Bertz CT molecular complexity index is 774. The Hall–Kier alpha value is -1.86. The number of rotatable bonds is 4. The minimum atomic E-state index is -0.0662. The van der Waals surface area contributed by atoms with Gasteiger partial charge in [0.2, 0.25) is 5.91 Å². The van der Waals surface area contributed by atoms with Gasteiger partial charge in [-0.3, -0.25) is 4.79 Å². The normalized spacial score (nSPS) is 11.8. The fourth-order valence-electron chi connectivity index (χ4n) is 2.41. The van der Waals surface area contributed by atoms with Crippen molar-refractivity contribution in [3.8, 4) is 12.3 Å². The Kier molecular flexibility index (Phi) is 4.98. The molecule has 0 radical (unpaired) electrons. The van der Waals surface area contributed by atoms with Crippen molar-refractivity contribution in [1.82, 2.24) is 4.57 Å². The number of fused-ring (bicyclic) bond motifs is 1. The molecule has 1 amide bonds. The van der Waals surface area contributed by atoms with E-state index in [9.17, 15) is 4.79 Å². The van der Waals surface area contributed by atoms with Gasteiger partial charge >= 0.3 is 0 Å². The van der Waals surface area contributed by atoms with E-state index in [1.54, 1.807) is 0 Å². The smallest absolute Gasteiger partial charge is 0.248 e. The van der Waals surface area contributed by atoms with Crippen LogP contribution in [0.15, 0.2) is 17.1 Å². The van der Waals surface area contributed by atoms with Gasteiger partial charge in [-0.1, -0.05) is 36.7 Å². The van der Waals surface area contributed by atoms with Crippen LogP contribution in [-0.4, -0.2) is 10.5 Å². The second kappa shape index (κ2) is 6.73. The molecule has 110 valence electrons. The second-order valence-corrected chi connectivity index (χ2v) is 6.22. The summed E-state index contributed by atoms with van der Waals surface area (Å²) in [5, 5.41) is 0. The van der Waals surface area contributed by atoms with Gasteiger partial charge < -0.3 is 4.57 Å². The molecule has 2 rings (SSSR count). The first-order chi connectivity index (χ1) is 10.1. The largest absolute Gasteiger partial charge is 0.304 e. The highest BCUT2D eigenvalue weighted by Gasteiger charge is 2.10. The number of carbonyl (C=O) groups is 1. The van der Waals surface area contributed by atoms with Crippen molar-refractivity contribution in [3.63, 3.8) is 0 Å². The number of benzene rings is 1. The molecule has 0 fully saturated rings. The zero-order valence-electron chi connectivity index (χ0n) is 12.8. The molecule has 1 aromatic heterocycles. The lowest BCUT2D eigenvalue weighted by molar-refractivity contribution is -0.118. The van der Waals surface area contributed by atoms with Gasteiger partial charge in [-0.2, -0.15) is 4.99 Å². The number of thiazole rings is 1. The Morgan fingerprint density at radius 1 is 1.43 bits per heavy atom. The third-order valence-electron chi connectivity index (χ3n) is 3.33. The lowest BCUT2D eigenvalue weighted by Crippen LogP contribution is -2.16. The fourth-order valence-corrected chi connectivity index (χ4v) is 3.63. The van der Waals surface area contributed by atoms with Crippen LogP contribution in [0.25, 0.3) is 10.2 Å². The summed E-state index contributed by atoms with van der Waals surface area (Å²) in [6, 6.07) is 4.25. The molecule has 4 heteroatoms. The molecule has 0 aliphatic carbocycles. The number of hydrogen-bond donors (Lipinski definition) is 0. The van der Waals surface area contributed by atoms with Crippen LogP contribution in [0.2, 0.25) is 0 Å². The SMILES string of the molecule is C#CCn1c(=NC(=O)CCCC)sc2cc(C)cc(C)c21. The van der Waals surface area contributed by atoms with Gasteiger partial charge in [0.05, 0.1) is 16.8 Å². The van der Waals surface area contributed by atoms with E-state index < -0.39 is 0 Å². The number of carbonyl (C=O) groups excluding carboxylic acids is 1. The van der Waals surface area contributed by atoms with Crippen LogP contribution >= 0.6 is 11.3 Å². The highest BCUT2D eigenvalue weighted by Crippen LogP contribution is 2.23. The van der Waals surface area contributed by atoms with Crippen LogP contribution in [-0.2, 0) is 11.3 Å². The summed E-state index contributed by atoms with van der Waals surface area (Å²) < 4.78 is 3.10. The molecule has 0 bridgehead atoms. The summed E-state index contributed by atoms with van der Waals surface area (Å²) in [7, 11) is 0. The number of aromatic nitrogens is 1. The molecule has 2 aromatic rings. The molecule has 0 unspecified atom stereocenters. The zero-order valence-corrected chi connectivity index (χ0v) is 13.6. The number of aryl methyl sites for hydroxylation is 2. The number of unbranched alkanes of at least 4 members (excludes halogenated alkanes) is 1. The monoisotopic (exact) mass is 300 g/mol. The van der Waals surface area contributed by atoms with Crippen molar-refractivity contribution in [1.29, 1.82) is 0 Å². The predicted molar refractivity (Wildman–Crippen MR) is 88.2 cm³/mol. The molecule has 0 aliphatic heterocycles. The number of nitrogens with zero attached hydrogens (tertiary/aromatic N) is 2. The molecule has 0 saturated heterocycles. The highest BCUT2D eigenvalue weighted by molar-refractivity contribution is 7.16. The van der Waals surface area contributed by atoms with Gasteiger partial charge in [-0.15, -0.1) is 6.42 Å². The number of amides is 1. The van der Waals surface area contributed by atoms with Gasteiger partial charge in [0, 0.05) is 6.42 Å². The van der Waals surface area contributed by atoms with Crippen molar-refractivity contribution in [3.05, 3.63) is 28.1 Å². The van der Waals surface area contributed by atoms with Gasteiger partial charge in [0.1, 0.15) is 0 Å². The Morgan fingerprint density at radius 2 is 2.19 bits per heavy atom. The van der Waals surface area contributed by atoms with Crippen LogP contribution in [0.3, 0.4) is 0 Å². The maximum absolute atomic E-state index is 11.9. The quantitative estimate of drug-likeness (QED) is 0.795. The Labute approximate surface area is 129 Å².